The van der Waals surface area contributed by atoms with Crippen LogP contribution in [0, 0.1) is 5.92 Å². The number of rotatable bonds is 5. The normalized spacial score (nSPS) is 14.5. The second-order valence-electron chi connectivity index (χ2n) is 6.46. The standard InChI is InChI=1S/C21H24N2O4/c1-26-17-9-6-10-18(27-2)19(17)21(25)23-13-11-15(12-14-23)20(24)22-16-7-4-3-5-8-16/h3-10,15H,11-14H2,1-2H3,(H,22,24). The number of hydrogen-bond acceptors (Lipinski definition) is 4. The van der Waals surface area contributed by atoms with Crippen molar-refractivity contribution in [2.75, 3.05) is 32.6 Å². The van der Waals surface area contributed by atoms with Crippen LogP contribution >= 0.6 is 0 Å². The summed E-state index contributed by atoms with van der Waals surface area (Å²) in [4.78, 5) is 27.2. The zero-order chi connectivity index (χ0) is 19.2. The maximum Gasteiger partial charge on any atom is 0.261 e. The third-order valence-electron chi connectivity index (χ3n) is 4.84. The number of methoxy groups -OCH3 is 2. The number of amides is 2. The molecule has 6 nitrogen and oxygen atoms in total. The molecule has 27 heavy (non-hydrogen) atoms. The minimum absolute atomic E-state index is 0.00294. The van der Waals surface area contributed by atoms with Crippen LogP contribution in [-0.4, -0.2) is 44.0 Å². The highest BCUT2D eigenvalue weighted by Crippen LogP contribution is 2.31. The summed E-state index contributed by atoms with van der Waals surface area (Å²) >= 11 is 0. The molecule has 0 atom stereocenters. The molecule has 142 valence electrons. The molecule has 0 bridgehead atoms. The van der Waals surface area contributed by atoms with Crippen LogP contribution < -0.4 is 14.8 Å². The van der Waals surface area contributed by atoms with Crippen molar-refractivity contribution in [3.8, 4) is 11.5 Å². The minimum Gasteiger partial charge on any atom is -0.496 e. The van der Waals surface area contributed by atoms with Crippen LogP contribution in [0.1, 0.15) is 23.2 Å². The van der Waals surface area contributed by atoms with Gasteiger partial charge in [-0.2, -0.15) is 0 Å². The Hall–Kier alpha value is -3.02. The summed E-state index contributed by atoms with van der Waals surface area (Å²) in [5.41, 5.74) is 1.22. The van der Waals surface area contributed by atoms with Crippen LogP contribution in [0.15, 0.2) is 48.5 Å². The number of carbonyl (C=O) groups excluding carboxylic acids is 2. The zero-order valence-corrected chi connectivity index (χ0v) is 15.6. The first-order valence-corrected chi connectivity index (χ1v) is 9.00. The van der Waals surface area contributed by atoms with E-state index >= 15 is 0 Å². The fourth-order valence-electron chi connectivity index (χ4n) is 3.33. The van der Waals surface area contributed by atoms with Gasteiger partial charge in [0.2, 0.25) is 5.91 Å². The van der Waals surface area contributed by atoms with Crippen molar-refractivity contribution in [1.29, 1.82) is 0 Å². The first kappa shape index (κ1) is 18.8. The average Bonchev–Trinajstić information content (AvgIpc) is 2.73. The molecule has 1 N–H and O–H groups in total. The molecular formula is C21H24N2O4. The average molecular weight is 368 g/mol. The number of anilines is 1. The number of piperidine rings is 1. The number of nitrogens with one attached hydrogen (secondary N) is 1. The minimum atomic E-state index is -0.133. The number of carbonyl (C=O) groups is 2. The number of para-hydroxylation sites is 1. The van der Waals surface area contributed by atoms with E-state index in [1.54, 1.807) is 23.1 Å². The summed E-state index contributed by atoms with van der Waals surface area (Å²) in [6.07, 6.45) is 1.25. The lowest BCUT2D eigenvalue weighted by molar-refractivity contribution is -0.121. The quantitative estimate of drug-likeness (QED) is 0.880. The topological polar surface area (TPSA) is 67.9 Å². The predicted octanol–water partition coefficient (Wildman–Crippen LogP) is 3.19. The molecule has 0 saturated carbocycles. The number of likely N-dealkylation sites (tertiary alicyclic amines) is 1. The van der Waals surface area contributed by atoms with E-state index < -0.39 is 0 Å². The Kier molecular flexibility index (Phi) is 5.96. The molecule has 0 spiro atoms. The Labute approximate surface area is 159 Å². The van der Waals surface area contributed by atoms with Crippen molar-refractivity contribution < 1.29 is 19.1 Å². The molecule has 2 aromatic carbocycles. The first-order chi connectivity index (χ1) is 13.1. The van der Waals surface area contributed by atoms with Crippen molar-refractivity contribution in [2.45, 2.75) is 12.8 Å². The highest BCUT2D eigenvalue weighted by atomic mass is 16.5. The highest BCUT2D eigenvalue weighted by molar-refractivity contribution is 6.00. The first-order valence-electron chi connectivity index (χ1n) is 9.00. The van der Waals surface area contributed by atoms with Crippen LogP contribution in [0.5, 0.6) is 11.5 Å². The summed E-state index contributed by atoms with van der Waals surface area (Å²) in [6, 6.07) is 14.7. The van der Waals surface area contributed by atoms with Gasteiger partial charge in [0.25, 0.3) is 5.91 Å². The molecule has 1 aliphatic rings. The summed E-state index contributed by atoms with van der Waals surface area (Å²) < 4.78 is 10.7. The maximum atomic E-state index is 13.0. The van der Waals surface area contributed by atoms with Gasteiger partial charge in [0.05, 0.1) is 14.2 Å². The van der Waals surface area contributed by atoms with Crippen LogP contribution in [0.3, 0.4) is 0 Å². The van der Waals surface area contributed by atoms with Gasteiger partial charge in [0, 0.05) is 24.7 Å². The number of benzene rings is 2. The second-order valence-corrected chi connectivity index (χ2v) is 6.46. The van der Waals surface area contributed by atoms with Gasteiger partial charge in [0.1, 0.15) is 17.1 Å². The van der Waals surface area contributed by atoms with Gasteiger partial charge in [-0.25, -0.2) is 0 Å². The molecule has 0 unspecified atom stereocenters. The Bertz CT molecular complexity index is 777. The Morgan fingerprint density at radius 1 is 0.926 bits per heavy atom. The third kappa shape index (κ3) is 4.22. The summed E-state index contributed by atoms with van der Waals surface area (Å²) in [6.45, 7) is 1.04. The molecule has 3 rings (SSSR count). The third-order valence-corrected chi connectivity index (χ3v) is 4.84. The van der Waals surface area contributed by atoms with E-state index in [1.807, 2.05) is 30.3 Å². The van der Waals surface area contributed by atoms with Gasteiger partial charge >= 0.3 is 0 Å². The Morgan fingerprint density at radius 2 is 1.52 bits per heavy atom. The lowest BCUT2D eigenvalue weighted by atomic mass is 9.95. The second kappa shape index (κ2) is 8.58. The van der Waals surface area contributed by atoms with Gasteiger partial charge in [-0.15, -0.1) is 0 Å². The van der Waals surface area contributed by atoms with E-state index in [4.69, 9.17) is 9.47 Å². The van der Waals surface area contributed by atoms with Crippen molar-refractivity contribution in [3.63, 3.8) is 0 Å². The van der Waals surface area contributed by atoms with Crippen molar-refractivity contribution >= 4 is 17.5 Å². The van der Waals surface area contributed by atoms with Gasteiger partial charge in [-0.1, -0.05) is 24.3 Å². The number of nitrogens with zero attached hydrogens (tertiary/aromatic N) is 1. The molecule has 2 amide bonds. The van der Waals surface area contributed by atoms with Gasteiger partial charge in [0.15, 0.2) is 0 Å². The fraction of sp³-hybridized carbons (Fsp3) is 0.333. The highest BCUT2D eigenvalue weighted by Gasteiger charge is 2.30. The molecule has 1 fully saturated rings. The lowest BCUT2D eigenvalue weighted by Gasteiger charge is -2.32. The molecule has 2 aromatic rings. The predicted molar refractivity (Wildman–Crippen MR) is 103 cm³/mol. The number of ether oxygens (including phenoxy) is 2. The van der Waals surface area contributed by atoms with Crippen molar-refractivity contribution in [1.82, 2.24) is 4.90 Å². The lowest BCUT2D eigenvalue weighted by Crippen LogP contribution is -2.41. The number of hydrogen-bond donors (Lipinski definition) is 1. The molecule has 1 aliphatic heterocycles. The van der Waals surface area contributed by atoms with Gasteiger partial charge in [-0.3, -0.25) is 9.59 Å². The van der Waals surface area contributed by atoms with Crippen LogP contribution in [0.25, 0.3) is 0 Å². The molecular weight excluding hydrogens is 344 g/mol. The summed E-state index contributed by atoms with van der Waals surface area (Å²) in [5.74, 6) is 0.745. The van der Waals surface area contributed by atoms with Gasteiger partial charge < -0.3 is 19.7 Å². The van der Waals surface area contributed by atoms with E-state index in [9.17, 15) is 9.59 Å². The maximum absolute atomic E-state index is 13.0. The van der Waals surface area contributed by atoms with Crippen LogP contribution in [0.4, 0.5) is 5.69 Å². The zero-order valence-electron chi connectivity index (χ0n) is 15.6. The Balaban J connectivity index is 1.64. The van der Waals surface area contributed by atoms with E-state index in [0.717, 1.165) is 5.69 Å². The summed E-state index contributed by atoms with van der Waals surface area (Å²) in [5, 5.41) is 2.94. The molecule has 6 heteroatoms. The molecule has 0 aromatic heterocycles. The smallest absolute Gasteiger partial charge is 0.261 e. The van der Waals surface area contributed by atoms with Crippen molar-refractivity contribution in [3.05, 3.63) is 54.1 Å². The summed E-state index contributed by atoms with van der Waals surface area (Å²) in [7, 11) is 3.07. The molecule has 0 radical (unpaired) electrons. The Morgan fingerprint density at radius 3 is 2.07 bits per heavy atom. The largest absolute Gasteiger partial charge is 0.496 e. The van der Waals surface area contributed by atoms with E-state index in [2.05, 4.69) is 5.32 Å². The SMILES string of the molecule is COc1cccc(OC)c1C(=O)N1CCC(C(=O)Nc2ccccc2)CC1. The molecule has 1 saturated heterocycles. The van der Waals surface area contributed by atoms with E-state index in [-0.39, 0.29) is 17.7 Å². The van der Waals surface area contributed by atoms with Crippen LogP contribution in [-0.2, 0) is 4.79 Å². The fourth-order valence-corrected chi connectivity index (χ4v) is 3.33. The molecule has 0 aliphatic carbocycles. The van der Waals surface area contributed by atoms with Crippen molar-refractivity contribution in [2.24, 2.45) is 5.92 Å². The monoisotopic (exact) mass is 368 g/mol. The van der Waals surface area contributed by atoms with E-state index in [1.165, 1.54) is 14.2 Å². The molecule has 1 heterocycles. The van der Waals surface area contributed by atoms with E-state index in [0.29, 0.717) is 43.0 Å². The van der Waals surface area contributed by atoms with Crippen LogP contribution in [0.2, 0.25) is 0 Å². The van der Waals surface area contributed by atoms with Gasteiger partial charge in [-0.05, 0) is 37.1 Å².